The first-order valence-electron chi connectivity index (χ1n) is 6.11. The van der Waals surface area contributed by atoms with Crippen molar-refractivity contribution in [2.75, 3.05) is 19.8 Å². The Bertz CT molecular complexity index is 346. The molecule has 0 aromatic rings. The van der Waals surface area contributed by atoms with Crippen molar-refractivity contribution in [2.24, 2.45) is 0 Å². The van der Waals surface area contributed by atoms with Gasteiger partial charge in [0.25, 0.3) is 0 Å². The molecule has 0 radical (unpaired) electrons. The average molecular weight is 262 g/mol. The third-order valence-corrected chi connectivity index (χ3v) is 4.95. The standard InChI is InChI=1S/C11H22N2O3S/c1-13(2)17(15,16)9-8-11(14)12-10-6-4-3-5-7-10/h10H,3-9H2,1-2H3,(H,12,14). The number of amides is 1. The molecule has 1 N–H and O–H groups in total. The Labute approximate surface area is 104 Å². The van der Waals surface area contributed by atoms with Crippen molar-refractivity contribution in [2.45, 2.75) is 44.6 Å². The summed E-state index contributed by atoms with van der Waals surface area (Å²) in [5.41, 5.74) is 0. The smallest absolute Gasteiger partial charge is 0.221 e. The van der Waals surface area contributed by atoms with Crippen LogP contribution < -0.4 is 5.32 Å². The molecule has 1 rings (SSSR count). The SMILES string of the molecule is CN(C)S(=O)(=O)CCC(=O)NC1CCCCC1. The Hall–Kier alpha value is -0.620. The minimum atomic E-state index is -3.26. The number of carbonyl (C=O) groups is 1. The van der Waals surface area contributed by atoms with Gasteiger partial charge >= 0.3 is 0 Å². The maximum Gasteiger partial charge on any atom is 0.221 e. The van der Waals surface area contributed by atoms with E-state index in [9.17, 15) is 13.2 Å². The maximum atomic E-state index is 11.6. The first-order valence-corrected chi connectivity index (χ1v) is 7.72. The van der Waals surface area contributed by atoms with Crippen LogP contribution in [-0.4, -0.2) is 44.5 Å². The summed E-state index contributed by atoms with van der Waals surface area (Å²) < 4.78 is 24.1. The van der Waals surface area contributed by atoms with E-state index >= 15 is 0 Å². The molecule has 1 amide bonds. The van der Waals surface area contributed by atoms with Gasteiger partial charge in [0.15, 0.2) is 0 Å². The molecule has 0 spiro atoms. The molecule has 0 aromatic carbocycles. The monoisotopic (exact) mass is 262 g/mol. The lowest BCUT2D eigenvalue weighted by Crippen LogP contribution is -2.37. The van der Waals surface area contributed by atoms with Gasteiger partial charge in [0.2, 0.25) is 15.9 Å². The van der Waals surface area contributed by atoms with E-state index in [1.54, 1.807) is 0 Å². The van der Waals surface area contributed by atoms with Crippen LogP contribution in [0, 0.1) is 0 Å². The predicted octanol–water partition coefficient (Wildman–Crippen LogP) is 0.717. The largest absolute Gasteiger partial charge is 0.353 e. The van der Waals surface area contributed by atoms with Crippen LogP contribution in [0.15, 0.2) is 0 Å². The third-order valence-electron chi connectivity index (χ3n) is 3.11. The quantitative estimate of drug-likeness (QED) is 0.794. The van der Waals surface area contributed by atoms with Crippen LogP contribution in [0.1, 0.15) is 38.5 Å². The Balaban J connectivity index is 2.30. The number of hydrogen-bond acceptors (Lipinski definition) is 3. The van der Waals surface area contributed by atoms with E-state index in [4.69, 9.17) is 0 Å². The lowest BCUT2D eigenvalue weighted by atomic mass is 9.95. The topological polar surface area (TPSA) is 66.5 Å². The maximum absolute atomic E-state index is 11.6. The molecular formula is C11H22N2O3S. The van der Waals surface area contributed by atoms with Crippen LogP contribution in [-0.2, 0) is 14.8 Å². The van der Waals surface area contributed by atoms with Crippen molar-refractivity contribution in [1.82, 2.24) is 9.62 Å². The van der Waals surface area contributed by atoms with E-state index in [0.29, 0.717) is 0 Å². The van der Waals surface area contributed by atoms with Crippen LogP contribution in [0.4, 0.5) is 0 Å². The molecule has 6 heteroatoms. The first-order chi connectivity index (χ1) is 7.92. The predicted molar refractivity (Wildman–Crippen MR) is 67.1 cm³/mol. The Morgan fingerprint density at radius 2 is 1.82 bits per heavy atom. The van der Waals surface area contributed by atoms with E-state index in [1.807, 2.05) is 0 Å². The van der Waals surface area contributed by atoms with Crippen molar-refractivity contribution in [3.05, 3.63) is 0 Å². The minimum absolute atomic E-state index is 0.0526. The van der Waals surface area contributed by atoms with E-state index in [0.717, 1.165) is 30.0 Å². The molecule has 0 aliphatic heterocycles. The average Bonchev–Trinajstić information content (AvgIpc) is 2.28. The molecule has 1 aliphatic carbocycles. The minimum Gasteiger partial charge on any atom is -0.353 e. The molecule has 17 heavy (non-hydrogen) atoms. The zero-order chi connectivity index (χ0) is 12.9. The summed E-state index contributed by atoms with van der Waals surface area (Å²) in [6.45, 7) is 0. The lowest BCUT2D eigenvalue weighted by Gasteiger charge is -2.22. The fourth-order valence-electron chi connectivity index (χ4n) is 1.95. The van der Waals surface area contributed by atoms with Gasteiger partial charge in [-0.3, -0.25) is 4.79 Å². The summed E-state index contributed by atoms with van der Waals surface area (Å²) in [6, 6.07) is 0.248. The highest BCUT2D eigenvalue weighted by atomic mass is 32.2. The van der Waals surface area contributed by atoms with Crippen molar-refractivity contribution < 1.29 is 13.2 Å². The molecule has 0 bridgehead atoms. The molecule has 1 saturated carbocycles. The second-order valence-corrected chi connectivity index (χ2v) is 7.05. The third kappa shape index (κ3) is 5.04. The highest BCUT2D eigenvalue weighted by molar-refractivity contribution is 7.89. The Morgan fingerprint density at radius 3 is 2.35 bits per heavy atom. The Kier molecular flexibility index (Phi) is 5.39. The summed E-state index contributed by atoms with van der Waals surface area (Å²) in [6.07, 6.45) is 5.64. The molecule has 100 valence electrons. The summed E-state index contributed by atoms with van der Waals surface area (Å²) in [5, 5.41) is 2.91. The first kappa shape index (κ1) is 14.4. The van der Waals surface area contributed by atoms with Crippen molar-refractivity contribution in [3.63, 3.8) is 0 Å². The normalized spacial score (nSPS) is 18.3. The molecule has 0 saturated heterocycles. The van der Waals surface area contributed by atoms with Crippen LogP contribution >= 0.6 is 0 Å². The molecule has 5 nitrogen and oxygen atoms in total. The van der Waals surface area contributed by atoms with Crippen molar-refractivity contribution >= 4 is 15.9 Å². The second kappa shape index (κ2) is 6.35. The molecule has 0 atom stereocenters. The van der Waals surface area contributed by atoms with E-state index in [1.165, 1.54) is 20.5 Å². The highest BCUT2D eigenvalue weighted by Crippen LogP contribution is 2.17. The molecule has 0 heterocycles. The molecule has 1 fully saturated rings. The van der Waals surface area contributed by atoms with Gasteiger partial charge in [-0.05, 0) is 12.8 Å². The highest BCUT2D eigenvalue weighted by Gasteiger charge is 2.19. The number of carbonyl (C=O) groups excluding carboxylic acids is 1. The number of nitrogens with one attached hydrogen (secondary N) is 1. The van der Waals surface area contributed by atoms with Crippen LogP contribution in [0.3, 0.4) is 0 Å². The zero-order valence-electron chi connectivity index (χ0n) is 10.6. The van der Waals surface area contributed by atoms with Gasteiger partial charge < -0.3 is 5.32 Å². The van der Waals surface area contributed by atoms with Gasteiger partial charge in [-0.25, -0.2) is 12.7 Å². The van der Waals surface area contributed by atoms with E-state index in [-0.39, 0.29) is 24.1 Å². The van der Waals surface area contributed by atoms with Crippen molar-refractivity contribution in [3.8, 4) is 0 Å². The summed E-state index contributed by atoms with van der Waals surface area (Å²) in [4.78, 5) is 11.6. The molecule has 1 aliphatic rings. The number of nitrogens with zero attached hydrogens (tertiary/aromatic N) is 1. The number of hydrogen-bond donors (Lipinski definition) is 1. The fraction of sp³-hybridized carbons (Fsp3) is 0.909. The Morgan fingerprint density at radius 1 is 1.24 bits per heavy atom. The van der Waals surface area contributed by atoms with Gasteiger partial charge in [0, 0.05) is 26.6 Å². The molecular weight excluding hydrogens is 240 g/mol. The number of sulfonamides is 1. The molecule has 0 aromatic heterocycles. The number of rotatable bonds is 5. The van der Waals surface area contributed by atoms with Gasteiger partial charge in [-0.15, -0.1) is 0 Å². The summed E-state index contributed by atoms with van der Waals surface area (Å²) in [7, 11) is -0.301. The van der Waals surface area contributed by atoms with Gasteiger partial charge in [0.05, 0.1) is 5.75 Å². The van der Waals surface area contributed by atoms with Gasteiger partial charge in [-0.2, -0.15) is 0 Å². The lowest BCUT2D eigenvalue weighted by molar-refractivity contribution is -0.121. The van der Waals surface area contributed by atoms with Gasteiger partial charge in [0.1, 0.15) is 0 Å². The van der Waals surface area contributed by atoms with E-state index in [2.05, 4.69) is 5.32 Å². The van der Waals surface area contributed by atoms with Crippen molar-refractivity contribution in [1.29, 1.82) is 0 Å². The zero-order valence-corrected chi connectivity index (χ0v) is 11.4. The van der Waals surface area contributed by atoms with Crippen LogP contribution in [0.25, 0.3) is 0 Å². The second-order valence-electron chi connectivity index (χ2n) is 4.75. The van der Waals surface area contributed by atoms with Crippen LogP contribution in [0.2, 0.25) is 0 Å². The van der Waals surface area contributed by atoms with Crippen LogP contribution in [0.5, 0.6) is 0 Å². The van der Waals surface area contributed by atoms with E-state index < -0.39 is 10.0 Å². The summed E-state index contributed by atoms with van der Waals surface area (Å²) in [5.74, 6) is -0.263. The fourth-order valence-corrected chi connectivity index (χ4v) is 2.76. The van der Waals surface area contributed by atoms with Gasteiger partial charge in [-0.1, -0.05) is 19.3 Å². The molecule has 0 unspecified atom stereocenters. The summed E-state index contributed by atoms with van der Waals surface area (Å²) >= 11 is 0.